The van der Waals surface area contributed by atoms with Gasteiger partial charge >= 0.3 is 5.69 Å². The van der Waals surface area contributed by atoms with Crippen LogP contribution in [-0.2, 0) is 24.2 Å². The van der Waals surface area contributed by atoms with Crippen LogP contribution >= 0.6 is 11.3 Å². The quantitative estimate of drug-likeness (QED) is 0.646. The number of rotatable bonds is 4. The molecule has 128 valence electrons. The smallest absolute Gasteiger partial charge is 0.340 e. The fourth-order valence-corrected chi connectivity index (χ4v) is 4.03. The predicted molar refractivity (Wildman–Crippen MR) is 91.9 cm³/mol. The van der Waals surface area contributed by atoms with Gasteiger partial charge in [-0.25, -0.2) is 14.9 Å². The molecule has 1 unspecified atom stereocenters. The largest absolute Gasteiger partial charge is 0.349 e. The molecule has 0 spiro atoms. The molecule has 0 saturated carbocycles. The Morgan fingerprint density at radius 2 is 2.20 bits per heavy atom. The summed E-state index contributed by atoms with van der Waals surface area (Å²) in [6.45, 7) is 0.209. The van der Waals surface area contributed by atoms with Gasteiger partial charge in [0.1, 0.15) is 10.8 Å². The van der Waals surface area contributed by atoms with Gasteiger partial charge in [-0.15, -0.1) is 11.3 Å². The second-order valence-electron chi connectivity index (χ2n) is 5.91. The molecular weight excluding hydrogens is 340 g/mol. The molecule has 1 aliphatic carbocycles. The van der Waals surface area contributed by atoms with Gasteiger partial charge in [0.25, 0.3) is 0 Å². The number of nitrogens with one attached hydrogen (secondary N) is 3. The van der Waals surface area contributed by atoms with Crippen molar-refractivity contribution in [2.75, 3.05) is 0 Å². The van der Waals surface area contributed by atoms with E-state index in [0.29, 0.717) is 12.2 Å². The van der Waals surface area contributed by atoms with Crippen LogP contribution in [0.1, 0.15) is 22.8 Å². The summed E-state index contributed by atoms with van der Waals surface area (Å²) < 4.78 is 0. The van der Waals surface area contributed by atoms with Crippen LogP contribution < -0.4 is 11.0 Å². The van der Waals surface area contributed by atoms with Gasteiger partial charge in [-0.3, -0.25) is 14.8 Å². The highest BCUT2D eigenvalue weighted by Crippen LogP contribution is 2.34. The zero-order valence-electron chi connectivity index (χ0n) is 13.3. The zero-order chi connectivity index (χ0) is 17.2. The molecule has 1 aliphatic rings. The topological polar surface area (TPSA) is 116 Å². The highest BCUT2D eigenvalue weighted by molar-refractivity contribution is 7.15. The number of amides is 1. The third kappa shape index (κ3) is 3.36. The van der Waals surface area contributed by atoms with Crippen LogP contribution in [-0.4, -0.2) is 31.1 Å². The lowest BCUT2D eigenvalue weighted by molar-refractivity contribution is -0.125. The number of fused-ring (bicyclic) bond motifs is 1. The summed E-state index contributed by atoms with van der Waals surface area (Å²) in [6, 6.07) is 3.89. The summed E-state index contributed by atoms with van der Waals surface area (Å²) in [5.74, 6) is 0.280. The molecule has 1 atom stereocenters. The standard InChI is InChI=1S/C16H16N6O2S/c23-14(18-8-13-20-16(24)22-21-13)10-1-2-12-11(7-10)19-15(25-12)9-3-5-17-6-4-9/h3-6,10H,1-2,7-8H2,(H,18,23)(H2,20,21,22,24). The van der Waals surface area contributed by atoms with Crippen molar-refractivity contribution in [2.45, 2.75) is 25.8 Å². The Balaban J connectivity index is 1.43. The lowest BCUT2D eigenvalue weighted by atomic mass is 9.90. The number of aromatic amines is 2. The van der Waals surface area contributed by atoms with E-state index in [0.717, 1.165) is 29.1 Å². The molecule has 3 aromatic rings. The first-order valence-corrected chi connectivity index (χ1v) is 8.81. The average Bonchev–Trinajstić information content (AvgIpc) is 3.25. The van der Waals surface area contributed by atoms with Crippen molar-refractivity contribution in [3.63, 3.8) is 0 Å². The van der Waals surface area contributed by atoms with Gasteiger partial charge in [-0.2, -0.15) is 5.10 Å². The Labute approximate surface area is 146 Å². The van der Waals surface area contributed by atoms with Crippen molar-refractivity contribution in [1.82, 2.24) is 30.5 Å². The van der Waals surface area contributed by atoms with Gasteiger partial charge in [0, 0.05) is 35.2 Å². The van der Waals surface area contributed by atoms with Crippen molar-refractivity contribution >= 4 is 17.2 Å². The zero-order valence-corrected chi connectivity index (χ0v) is 14.1. The van der Waals surface area contributed by atoms with E-state index >= 15 is 0 Å². The summed E-state index contributed by atoms with van der Waals surface area (Å²) in [4.78, 5) is 35.9. The summed E-state index contributed by atoms with van der Waals surface area (Å²) in [5, 5.41) is 9.86. The lowest BCUT2D eigenvalue weighted by Crippen LogP contribution is -2.33. The number of carbonyl (C=O) groups is 1. The van der Waals surface area contributed by atoms with Gasteiger partial charge in [0.05, 0.1) is 12.2 Å². The van der Waals surface area contributed by atoms with Crippen LogP contribution in [0.3, 0.4) is 0 Å². The SMILES string of the molecule is O=C(NCc1n[nH]c(=O)[nH]1)C1CCc2sc(-c3ccncc3)nc2C1. The molecule has 0 saturated heterocycles. The van der Waals surface area contributed by atoms with Crippen LogP contribution in [0.4, 0.5) is 0 Å². The molecule has 4 rings (SSSR count). The van der Waals surface area contributed by atoms with Crippen LogP contribution in [0.5, 0.6) is 0 Å². The lowest BCUT2D eigenvalue weighted by Gasteiger charge is -2.20. The predicted octanol–water partition coefficient (Wildman–Crippen LogP) is 1.04. The first-order chi connectivity index (χ1) is 12.2. The number of H-pyrrole nitrogens is 2. The number of hydrogen-bond acceptors (Lipinski definition) is 6. The maximum absolute atomic E-state index is 12.4. The van der Waals surface area contributed by atoms with Crippen molar-refractivity contribution in [3.8, 4) is 10.6 Å². The summed E-state index contributed by atoms with van der Waals surface area (Å²) in [7, 11) is 0. The number of carbonyl (C=O) groups excluding carboxylic acids is 1. The first-order valence-electron chi connectivity index (χ1n) is 7.99. The molecule has 3 heterocycles. The molecule has 8 nitrogen and oxygen atoms in total. The van der Waals surface area contributed by atoms with Gasteiger partial charge in [-0.1, -0.05) is 0 Å². The second-order valence-corrected chi connectivity index (χ2v) is 6.99. The fraction of sp³-hybridized carbons (Fsp3) is 0.312. The number of nitrogens with zero attached hydrogens (tertiary/aromatic N) is 3. The van der Waals surface area contributed by atoms with Crippen LogP contribution in [0.15, 0.2) is 29.3 Å². The molecule has 0 fully saturated rings. The van der Waals surface area contributed by atoms with Crippen LogP contribution in [0.2, 0.25) is 0 Å². The Morgan fingerprint density at radius 1 is 1.36 bits per heavy atom. The number of hydrogen-bond donors (Lipinski definition) is 3. The normalized spacial score (nSPS) is 16.4. The van der Waals surface area contributed by atoms with E-state index in [2.05, 4.69) is 25.5 Å². The molecule has 25 heavy (non-hydrogen) atoms. The van der Waals surface area contributed by atoms with Crippen molar-refractivity contribution < 1.29 is 4.79 Å². The van der Waals surface area contributed by atoms with Crippen LogP contribution in [0.25, 0.3) is 10.6 Å². The average molecular weight is 356 g/mol. The monoisotopic (exact) mass is 356 g/mol. The number of pyridine rings is 1. The fourth-order valence-electron chi connectivity index (χ4n) is 2.92. The third-order valence-electron chi connectivity index (χ3n) is 4.22. The first kappa shape index (κ1) is 15.7. The molecule has 0 bridgehead atoms. The van der Waals surface area contributed by atoms with Crippen molar-refractivity contribution in [3.05, 3.63) is 51.4 Å². The Morgan fingerprint density at radius 3 is 2.96 bits per heavy atom. The second kappa shape index (κ2) is 6.60. The summed E-state index contributed by atoms with van der Waals surface area (Å²) in [5.41, 5.74) is 1.69. The van der Waals surface area contributed by atoms with Crippen molar-refractivity contribution in [1.29, 1.82) is 0 Å². The molecule has 9 heteroatoms. The third-order valence-corrected chi connectivity index (χ3v) is 5.42. The maximum Gasteiger partial charge on any atom is 0.340 e. The number of aryl methyl sites for hydroxylation is 1. The number of aromatic nitrogens is 5. The van der Waals surface area contributed by atoms with Gasteiger partial charge in [0.15, 0.2) is 0 Å². The molecule has 0 aromatic carbocycles. The minimum atomic E-state index is -0.377. The van der Waals surface area contributed by atoms with E-state index in [-0.39, 0.29) is 24.1 Å². The summed E-state index contributed by atoms with van der Waals surface area (Å²) >= 11 is 1.69. The van der Waals surface area contributed by atoms with E-state index in [4.69, 9.17) is 4.98 Å². The highest BCUT2D eigenvalue weighted by atomic mass is 32.1. The van der Waals surface area contributed by atoms with E-state index in [1.54, 1.807) is 23.7 Å². The highest BCUT2D eigenvalue weighted by Gasteiger charge is 2.27. The minimum absolute atomic E-state index is 0.0343. The Bertz CT molecular complexity index is 945. The van der Waals surface area contributed by atoms with E-state index < -0.39 is 0 Å². The van der Waals surface area contributed by atoms with Gasteiger partial charge < -0.3 is 5.32 Å². The van der Waals surface area contributed by atoms with Gasteiger partial charge in [-0.05, 0) is 25.0 Å². The van der Waals surface area contributed by atoms with Crippen LogP contribution in [0, 0.1) is 5.92 Å². The minimum Gasteiger partial charge on any atom is -0.349 e. The van der Waals surface area contributed by atoms with E-state index in [1.807, 2.05) is 12.1 Å². The molecular formula is C16H16N6O2S. The Hall–Kier alpha value is -2.81. The van der Waals surface area contributed by atoms with Gasteiger partial charge in [0.2, 0.25) is 5.91 Å². The molecule has 0 radical (unpaired) electrons. The Kier molecular flexibility index (Phi) is 4.14. The summed E-state index contributed by atoms with van der Waals surface area (Å²) in [6.07, 6.45) is 5.81. The molecule has 3 aromatic heterocycles. The van der Waals surface area contributed by atoms with Crippen molar-refractivity contribution in [2.24, 2.45) is 5.92 Å². The molecule has 1 amide bonds. The van der Waals surface area contributed by atoms with E-state index in [9.17, 15) is 9.59 Å². The van der Waals surface area contributed by atoms with E-state index in [1.165, 1.54) is 4.88 Å². The number of thiazole rings is 1. The molecule has 0 aliphatic heterocycles. The maximum atomic E-state index is 12.4. The molecule has 3 N–H and O–H groups in total.